The lowest BCUT2D eigenvalue weighted by molar-refractivity contribution is 0.261. The summed E-state index contributed by atoms with van der Waals surface area (Å²) in [7, 11) is 0. The van der Waals surface area contributed by atoms with Crippen LogP contribution in [0.5, 0.6) is 0 Å². The third-order valence-corrected chi connectivity index (χ3v) is 4.53. The first-order valence-electron chi connectivity index (χ1n) is 9.63. The minimum atomic E-state index is 0.809. The molecule has 1 nitrogen and oxygen atoms in total. The van der Waals surface area contributed by atoms with Crippen molar-refractivity contribution in [1.82, 2.24) is 4.90 Å². The fraction of sp³-hybridized carbons (Fsp3) is 1.00. The highest BCUT2D eigenvalue weighted by atomic mass is 35.5. The average molecular weight is 318 g/mol. The van der Waals surface area contributed by atoms with E-state index in [9.17, 15) is 0 Å². The molecule has 0 saturated carbocycles. The molecule has 0 spiro atoms. The second kappa shape index (κ2) is 18.3. The number of hydrogen-bond donors (Lipinski definition) is 0. The highest BCUT2D eigenvalue weighted by Crippen LogP contribution is 2.09. The molecule has 0 unspecified atom stereocenters. The Labute approximate surface area is 139 Å². The van der Waals surface area contributed by atoms with Crippen molar-refractivity contribution in [2.75, 3.05) is 25.5 Å². The normalized spacial score (nSPS) is 11.4. The van der Waals surface area contributed by atoms with Gasteiger partial charge in [0, 0.05) is 5.88 Å². The molecule has 0 bridgehead atoms. The van der Waals surface area contributed by atoms with Crippen LogP contribution in [0, 0.1) is 0 Å². The van der Waals surface area contributed by atoms with E-state index in [1.807, 2.05) is 0 Å². The molecule has 21 heavy (non-hydrogen) atoms. The molecule has 0 heterocycles. The Kier molecular flexibility index (Phi) is 18.5. The number of unbranched alkanes of at least 4 members (excludes halogenated alkanes) is 10. The number of alkyl halides is 1. The van der Waals surface area contributed by atoms with Crippen LogP contribution in [0.15, 0.2) is 0 Å². The van der Waals surface area contributed by atoms with E-state index in [-0.39, 0.29) is 0 Å². The summed E-state index contributed by atoms with van der Waals surface area (Å²) < 4.78 is 0. The van der Waals surface area contributed by atoms with Crippen LogP contribution >= 0.6 is 11.6 Å². The van der Waals surface area contributed by atoms with Gasteiger partial charge in [0.05, 0.1) is 0 Å². The molecule has 128 valence electrons. The zero-order valence-electron chi connectivity index (χ0n) is 14.8. The van der Waals surface area contributed by atoms with Crippen LogP contribution in [-0.4, -0.2) is 30.4 Å². The van der Waals surface area contributed by atoms with E-state index >= 15 is 0 Å². The maximum absolute atomic E-state index is 5.86. The van der Waals surface area contributed by atoms with Crippen molar-refractivity contribution in [2.24, 2.45) is 0 Å². The van der Waals surface area contributed by atoms with Crippen molar-refractivity contribution in [3.05, 3.63) is 0 Å². The summed E-state index contributed by atoms with van der Waals surface area (Å²) in [6.45, 7) is 8.35. The Bertz CT molecular complexity index is 168. The topological polar surface area (TPSA) is 3.24 Å². The molecule has 0 aliphatic heterocycles. The average Bonchev–Trinajstić information content (AvgIpc) is 2.50. The van der Waals surface area contributed by atoms with Gasteiger partial charge in [-0.05, 0) is 38.9 Å². The molecule has 0 saturated heterocycles. The number of nitrogens with zero attached hydrogens (tertiary/aromatic N) is 1. The summed E-state index contributed by atoms with van der Waals surface area (Å²) in [5, 5.41) is 0. The zero-order valence-corrected chi connectivity index (χ0v) is 15.6. The minimum absolute atomic E-state index is 0.809. The Hall–Kier alpha value is 0.250. The predicted octanol–water partition coefficient (Wildman–Crippen LogP) is 6.64. The second-order valence-corrected chi connectivity index (χ2v) is 6.80. The Morgan fingerprint density at radius 1 is 0.524 bits per heavy atom. The standard InChI is InChI=1S/C19H40ClN/c1-3-5-7-9-11-13-17-21(19-15-16-20)18-14-12-10-8-6-4-2/h3-19H2,1-2H3. The van der Waals surface area contributed by atoms with Gasteiger partial charge in [-0.25, -0.2) is 0 Å². The molecular weight excluding hydrogens is 278 g/mol. The molecule has 0 fully saturated rings. The molecule has 0 aliphatic carbocycles. The summed E-state index contributed by atoms with van der Waals surface area (Å²) in [6, 6.07) is 0. The van der Waals surface area contributed by atoms with Crippen LogP contribution in [0.4, 0.5) is 0 Å². The Morgan fingerprint density at radius 3 is 1.33 bits per heavy atom. The maximum Gasteiger partial charge on any atom is 0.0235 e. The van der Waals surface area contributed by atoms with Gasteiger partial charge in [-0.3, -0.25) is 0 Å². The van der Waals surface area contributed by atoms with E-state index < -0.39 is 0 Å². The summed E-state index contributed by atoms with van der Waals surface area (Å²) in [4.78, 5) is 2.65. The van der Waals surface area contributed by atoms with Crippen molar-refractivity contribution in [3.63, 3.8) is 0 Å². The van der Waals surface area contributed by atoms with E-state index in [2.05, 4.69) is 18.7 Å². The van der Waals surface area contributed by atoms with Crippen LogP contribution in [0.2, 0.25) is 0 Å². The quantitative estimate of drug-likeness (QED) is 0.215. The SMILES string of the molecule is CCCCCCCCN(CCCCl)CCCCCCCC. The molecule has 0 aromatic carbocycles. The van der Waals surface area contributed by atoms with E-state index in [4.69, 9.17) is 11.6 Å². The lowest BCUT2D eigenvalue weighted by atomic mass is 10.1. The van der Waals surface area contributed by atoms with Crippen molar-refractivity contribution < 1.29 is 0 Å². The molecule has 0 radical (unpaired) electrons. The molecule has 0 aliphatic rings. The largest absolute Gasteiger partial charge is 0.303 e. The number of halogens is 1. The summed E-state index contributed by atoms with van der Waals surface area (Å²) in [6.07, 6.45) is 17.9. The van der Waals surface area contributed by atoms with Gasteiger partial charge in [0.1, 0.15) is 0 Å². The molecule has 0 aromatic heterocycles. The van der Waals surface area contributed by atoms with Crippen LogP contribution in [0.3, 0.4) is 0 Å². The van der Waals surface area contributed by atoms with Crippen molar-refractivity contribution >= 4 is 11.6 Å². The van der Waals surface area contributed by atoms with E-state index in [0.29, 0.717) is 0 Å². The lowest BCUT2D eigenvalue weighted by Gasteiger charge is -2.22. The molecule has 0 atom stereocenters. The van der Waals surface area contributed by atoms with Crippen LogP contribution in [-0.2, 0) is 0 Å². The van der Waals surface area contributed by atoms with Gasteiger partial charge in [-0.15, -0.1) is 11.6 Å². The van der Waals surface area contributed by atoms with Gasteiger partial charge >= 0.3 is 0 Å². The Balaban J connectivity index is 3.56. The van der Waals surface area contributed by atoms with Crippen molar-refractivity contribution in [2.45, 2.75) is 97.3 Å². The molecule has 2 heteroatoms. The summed E-state index contributed by atoms with van der Waals surface area (Å²) in [5.41, 5.74) is 0. The fourth-order valence-corrected chi connectivity index (χ4v) is 2.97. The highest BCUT2D eigenvalue weighted by molar-refractivity contribution is 6.17. The smallest absolute Gasteiger partial charge is 0.0235 e. The first-order valence-corrected chi connectivity index (χ1v) is 10.2. The molecular formula is C19H40ClN. The lowest BCUT2D eigenvalue weighted by Crippen LogP contribution is -2.27. The summed E-state index contributed by atoms with van der Waals surface area (Å²) >= 11 is 5.86. The Morgan fingerprint density at radius 2 is 0.905 bits per heavy atom. The highest BCUT2D eigenvalue weighted by Gasteiger charge is 2.04. The van der Waals surface area contributed by atoms with Crippen LogP contribution in [0.1, 0.15) is 97.3 Å². The van der Waals surface area contributed by atoms with E-state index in [1.54, 1.807) is 0 Å². The first kappa shape index (κ1) is 21.2. The molecule has 0 aromatic rings. The van der Waals surface area contributed by atoms with Gasteiger partial charge in [-0.2, -0.15) is 0 Å². The van der Waals surface area contributed by atoms with E-state index in [1.165, 1.54) is 96.7 Å². The van der Waals surface area contributed by atoms with Gasteiger partial charge in [-0.1, -0.05) is 78.1 Å². The molecule has 0 amide bonds. The zero-order chi connectivity index (χ0) is 15.6. The maximum atomic E-state index is 5.86. The minimum Gasteiger partial charge on any atom is -0.303 e. The third kappa shape index (κ3) is 16.4. The van der Waals surface area contributed by atoms with E-state index in [0.717, 1.165) is 12.3 Å². The van der Waals surface area contributed by atoms with Gasteiger partial charge < -0.3 is 4.90 Å². The van der Waals surface area contributed by atoms with Crippen molar-refractivity contribution in [3.8, 4) is 0 Å². The number of hydrogen-bond acceptors (Lipinski definition) is 1. The monoisotopic (exact) mass is 317 g/mol. The molecule has 0 N–H and O–H groups in total. The van der Waals surface area contributed by atoms with Gasteiger partial charge in [0.2, 0.25) is 0 Å². The van der Waals surface area contributed by atoms with Crippen LogP contribution in [0.25, 0.3) is 0 Å². The summed E-state index contributed by atoms with van der Waals surface area (Å²) in [5.74, 6) is 0.809. The van der Waals surface area contributed by atoms with Crippen LogP contribution < -0.4 is 0 Å². The van der Waals surface area contributed by atoms with Gasteiger partial charge in [0.25, 0.3) is 0 Å². The number of rotatable bonds is 17. The molecule has 0 rings (SSSR count). The van der Waals surface area contributed by atoms with Gasteiger partial charge in [0.15, 0.2) is 0 Å². The second-order valence-electron chi connectivity index (χ2n) is 6.42. The predicted molar refractivity (Wildman–Crippen MR) is 98.5 cm³/mol. The third-order valence-electron chi connectivity index (χ3n) is 4.26. The van der Waals surface area contributed by atoms with Crippen molar-refractivity contribution in [1.29, 1.82) is 0 Å². The first-order chi connectivity index (χ1) is 10.3. The fourth-order valence-electron chi connectivity index (χ4n) is 2.85.